The number of carbonyl (C=O) groups excluding carboxylic acids is 4. The summed E-state index contributed by atoms with van der Waals surface area (Å²) in [5, 5.41) is 15.2. The number of nitrogens with zero attached hydrogens (tertiary/aromatic N) is 1. The average molecular weight is 506 g/mol. The smallest absolute Gasteiger partial charge is 0.408 e. The first-order chi connectivity index (χ1) is 16.8. The third-order valence-corrected chi connectivity index (χ3v) is 5.47. The molecule has 1 aliphatic rings. The minimum Gasteiger partial charge on any atom is -0.508 e. The fourth-order valence-corrected chi connectivity index (χ4v) is 3.69. The van der Waals surface area contributed by atoms with Crippen molar-refractivity contribution in [3.63, 3.8) is 0 Å². The van der Waals surface area contributed by atoms with Gasteiger partial charge in [-0.2, -0.15) is 0 Å². The van der Waals surface area contributed by atoms with Crippen molar-refractivity contribution in [1.29, 1.82) is 0 Å². The summed E-state index contributed by atoms with van der Waals surface area (Å²) in [4.78, 5) is 53.0. The van der Waals surface area contributed by atoms with Crippen molar-refractivity contribution in [3.05, 3.63) is 29.8 Å². The van der Waals surface area contributed by atoms with E-state index in [1.165, 1.54) is 17.0 Å². The van der Waals surface area contributed by atoms with Gasteiger partial charge in [0.2, 0.25) is 11.8 Å². The van der Waals surface area contributed by atoms with Gasteiger partial charge in [0.15, 0.2) is 0 Å². The summed E-state index contributed by atoms with van der Waals surface area (Å²) >= 11 is 0. The largest absolute Gasteiger partial charge is 0.508 e. The zero-order valence-electron chi connectivity index (χ0n) is 22.0. The van der Waals surface area contributed by atoms with Crippen molar-refractivity contribution in [2.45, 2.75) is 84.5 Å². The van der Waals surface area contributed by atoms with E-state index >= 15 is 0 Å². The van der Waals surface area contributed by atoms with E-state index in [-0.39, 0.29) is 37.3 Å². The molecular weight excluding hydrogens is 466 g/mol. The fraction of sp³-hybridized carbons (Fsp3) is 0.615. The number of alkyl carbamates (subject to hydrolysis) is 1. The third-order valence-electron chi connectivity index (χ3n) is 5.47. The summed E-state index contributed by atoms with van der Waals surface area (Å²) in [6, 6.07) is 3.93. The summed E-state index contributed by atoms with van der Waals surface area (Å²) in [6.07, 6.45) is 0.709. The molecule has 0 spiro atoms. The molecule has 1 fully saturated rings. The second-order valence-corrected chi connectivity index (χ2v) is 10.2. The highest BCUT2D eigenvalue weighted by Crippen LogP contribution is 2.36. The molecule has 2 atom stereocenters. The van der Waals surface area contributed by atoms with E-state index in [2.05, 4.69) is 10.6 Å². The van der Waals surface area contributed by atoms with Crippen LogP contribution in [0.3, 0.4) is 0 Å². The van der Waals surface area contributed by atoms with Crippen molar-refractivity contribution in [2.75, 3.05) is 13.2 Å². The second-order valence-electron chi connectivity index (χ2n) is 10.2. The van der Waals surface area contributed by atoms with Gasteiger partial charge in [0, 0.05) is 12.6 Å². The van der Waals surface area contributed by atoms with E-state index in [0.29, 0.717) is 18.4 Å². The molecule has 10 nitrogen and oxygen atoms in total. The molecule has 0 saturated heterocycles. The van der Waals surface area contributed by atoms with E-state index in [4.69, 9.17) is 9.47 Å². The van der Waals surface area contributed by atoms with Crippen LogP contribution >= 0.6 is 0 Å². The van der Waals surface area contributed by atoms with Gasteiger partial charge in [0.1, 0.15) is 23.4 Å². The van der Waals surface area contributed by atoms with Gasteiger partial charge in [-0.15, -0.1) is 0 Å². The van der Waals surface area contributed by atoms with E-state index in [1.807, 2.05) is 0 Å². The highest BCUT2D eigenvalue weighted by atomic mass is 16.6. The first kappa shape index (κ1) is 28.9. The molecule has 0 aromatic heterocycles. The summed E-state index contributed by atoms with van der Waals surface area (Å²) in [6.45, 7) is 10.8. The Morgan fingerprint density at radius 2 is 1.72 bits per heavy atom. The number of esters is 1. The van der Waals surface area contributed by atoms with Crippen LogP contribution in [-0.4, -0.2) is 64.7 Å². The number of aromatic hydroxyl groups is 1. The molecule has 2 rings (SSSR count). The Labute approximate surface area is 212 Å². The van der Waals surface area contributed by atoms with Crippen LogP contribution in [-0.2, 0) is 23.9 Å². The predicted octanol–water partition coefficient (Wildman–Crippen LogP) is 3.04. The highest BCUT2D eigenvalue weighted by Gasteiger charge is 2.44. The molecule has 2 unspecified atom stereocenters. The molecule has 3 N–H and O–H groups in total. The Morgan fingerprint density at radius 1 is 1.11 bits per heavy atom. The number of nitrogens with one attached hydrogen (secondary N) is 2. The van der Waals surface area contributed by atoms with Crippen LogP contribution in [0.15, 0.2) is 24.3 Å². The molecule has 1 saturated carbocycles. The summed E-state index contributed by atoms with van der Waals surface area (Å²) in [7, 11) is 0. The molecule has 1 aromatic rings. The van der Waals surface area contributed by atoms with Crippen molar-refractivity contribution < 1.29 is 33.8 Å². The van der Waals surface area contributed by atoms with Gasteiger partial charge in [-0.3, -0.25) is 14.4 Å². The summed E-state index contributed by atoms with van der Waals surface area (Å²) in [5.41, 5.74) is -0.237. The molecular formula is C26H39N3O7. The molecule has 36 heavy (non-hydrogen) atoms. The molecule has 1 aliphatic carbocycles. The maximum absolute atomic E-state index is 13.9. The van der Waals surface area contributed by atoms with Gasteiger partial charge in [-0.25, -0.2) is 4.79 Å². The zero-order chi connectivity index (χ0) is 27.0. The van der Waals surface area contributed by atoms with Gasteiger partial charge < -0.3 is 30.1 Å². The summed E-state index contributed by atoms with van der Waals surface area (Å²) in [5.74, 6) is -1.56. The van der Waals surface area contributed by atoms with Crippen LogP contribution in [0.4, 0.5) is 4.79 Å². The average Bonchev–Trinajstić information content (AvgIpc) is 3.60. The lowest BCUT2D eigenvalue weighted by Gasteiger charge is -2.35. The van der Waals surface area contributed by atoms with Crippen molar-refractivity contribution in [1.82, 2.24) is 15.5 Å². The standard InChI is InChI=1S/C26H39N3O7/c1-7-35-20(31)14-15-27-23(32)22(17-8-12-19(30)13-9-17)29(18-10-11-18)24(33)21(16(2)3)28-25(34)36-26(4,5)6/h8-9,12-13,16,18,21-22,30H,7,10-11,14-15H2,1-6H3,(H,27,32)(H,28,34). The number of phenolic OH excluding ortho intramolecular Hbond substituents is 1. The monoisotopic (exact) mass is 505 g/mol. The van der Waals surface area contributed by atoms with Gasteiger partial charge in [0.05, 0.1) is 13.0 Å². The number of phenols is 1. The minimum absolute atomic E-state index is 0.00588. The van der Waals surface area contributed by atoms with Crippen LogP contribution in [0.5, 0.6) is 5.75 Å². The van der Waals surface area contributed by atoms with E-state index in [1.54, 1.807) is 53.7 Å². The Morgan fingerprint density at radius 3 is 2.22 bits per heavy atom. The number of hydrogen-bond donors (Lipinski definition) is 3. The number of hydrogen-bond acceptors (Lipinski definition) is 7. The van der Waals surface area contributed by atoms with Crippen molar-refractivity contribution in [3.8, 4) is 5.75 Å². The number of benzene rings is 1. The maximum atomic E-state index is 13.9. The molecule has 0 bridgehead atoms. The first-order valence-electron chi connectivity index (χ1n) is 12.4. The number of ether oxygens (including phenoxy) is 2. The van der Waals surface area contributed by atoms with Crippen LogP contribution in [0.1, 0.15) is 72.4 Å². The topological polar surface area (TPSA) is 134 Å². The number of amides is 3. The van der Waals surface area contributed by atoms with Crippen LogP contribution < -0.4 is 10.6 Å². The second kappa shape index (κ2) is 12.6. The van der Waals surface area contributed by atoms with Crippen LogP contribution in [0, 0.1) is 5.92 Å². The third kappa shape index (κ3) is 8.73. The first-order valence-corrected chi connectivity index (χ1v) is 12.4. The van der Waals surface area contributed by atoms with E-state index in [0.717, 1.165) is 0 Å². The molecule has 3 amide bonds. The van der Waals surface area contributed by atoms with Gasteiger partial charge in [0.25, 0.3) is 0 Å². The SMILES string of the molecule is CCOC(=O)CCNC(=O)C(c1ccc(O)cc1)N(C(=O)C(NC(=O)OC(C)(C)C)C(C)C)C1CC1. The van der Waals surface area contributed by atoms with Gasteiger partial charge in [-0.05, 0) is 64.2 Å². The summed E-state index contributed by atoms with van der Waals surface area (Å²) < 4.78 is 10.3. The van der Waals surface area contributed by atoms with Crippen molar-refractivity contribution in [2.24, 2.45) is 5.92 Å². The van der Waals surface area contributed by atoms with E-state index < -0.39 is 41.6 Å². The molecule has 0 heterocycles. The van der Waals surface area contributed by atoms with Gasteiger partial charge in [-0.1, -0.05) is 26.0 Å². The minimum atomic E-state index is -1.02. The lowest BCUT2D eigenvalue weighted by atomic mass is 9.98. The number of carbonyl (C=O) groups is 4. The Bertz CT molecular complexity index is 920. The number of rotatable bonds is 11. The Hall–Kier alpha value is -3.30. The lowest BCUT2D eigenvalue weighted by molar-refractivity contribution is -0.145. The Balaban J connectivity index is 2.34. The molecule has 1 aromatic carbocycles. The molecule has 0 radical (unpaired) electrons. The molecule has 10 heteroatoms. The Kier molecular flexibility index (Phi) is 10.1. The van der Waals surface area contributed by atoms with Gasteiger partial charge >= 0.3 is 12.1 Å². The van der Waals surface area contributed by atoms with Crippen LogP contribution in [0.25, 0.3) is 0 Å². The maximum Gasteiger partial charge on any atom is 0.408 e. The van der Waals surface area contributed by atoms with Crippen molar-refractivity contribution >= 4 is 23.9 Å². The normalized spacial score (nSPS) is 15.0. The fourth-order valence-electron chi connectivity index (χ4n) is 3.69. The highest BCUT2D eigenvalue weighted by molar-refractivity contribution is 5.93. The predicted molar refractivity (Wildman–Crippen MR) is 133 cm³/mol. The zero-order valence-corrected chi connectivity index (χ0v) is 22.0. The molecule has 200 valence electrons. The van der Waals surface area contributed by atoms with Crippen LogP contribution in [0.2, 0.25) is 0 Å². The lowest BCUT2D eigenvalue weighted by Crippen LogP contribution is -2.55. The molecule has 0 aliphatic heterocycles. The quantitative estimate of drug-likeness (QED) is 0.394. The van der Waals surface area contributed by atoms with E-state index in [9.17, 15) is 24.3 Å².